The van der Waals surface area contributed by atoms with Crippen molar-refractivity contribution >= 4 is 5.91 Å². The topological polar surface area (TPSA) is 84.6 Å². The molecule has 0 aliphatic rings. The van der Waals surface area contributed by atoms with E-state index in [0.29, 0.717) is 18.7 Å². The number of nitrogens with zero attached hydrogens (tertiary/aromatic N) is 1. The van der Waals surface area contributed by atoms with Crippen molar-refractivity contribution in [2.45, 2.75) is 6.42 Å². The van der Waals surface area contributed by atoms with Crippen LogP contribution in [0.4, 0.5) is 0 Å². The molecule has 0 radical (unpaired) electrons. The standard InChI is InChI=1S/C14H16N2O4/c1-19-11-5-3-10(4-6-11)13-9-12(16-20-13)14(18)15-7-2-8-17/h3-6,9,17H,2,7-8H2,1H3,(H,15,18). The second-order valence-corrected chi connectivity index (χ2v) is 4.14. The van der Waals surface area contributed by atoms with Gasteiger partial charge in [0, 0.05) is 24.8 Å². The van der Waals surface area contributed by atoms with Gasteiger partial charge in [0.15, 0.2) is 11.5 Å². The first-order valence-corrected chi connectivity index (χ1v) is 6.25. The van der Waals surface area contributed by atoms with Gasteiger partial charge in [0.2, 0.25) is 0 Å². The number of aromatic nitrogens is 1. The number of ether oxygens (including phenoxy) is 1. The molecular weight excluding hydrogens is 260 g/mol. The molecule has 6 heteroatoms. The van der Waals surface area contributed by atoms with E-state index >= 15 is 0 Å². The Morgan fingerprint density at radius 2 is 2.15 bits per heavy atom. The van der Waals surface area contributed by atoms with Crippen molar-refractivity contribution in [1.82, 2.24) is 10.5 Å². The van der Waals surface area contributed by atoms with E-state index in [4.69, 9.17) is 14.4 Å². The van der Waals surface area contributed by atoms with Crippen LogP contribution in [0.15, 0.2) is 34.9 Å². The molecule has 20 heavy (non-hydrogen) atoms. The van der Waals surface area contributed by atoms with Gasteiger partial charge in [-0.05, 0) is 30.7 Å². The number of rotatable bonds is 6. The van der Waals surface area contributed by atoms with Crippen LogP contribution >= 0.6 is 0 Å². The molecule has 0 unspecified atom stereocenters. The molecule has 0 atom stereocenters. The molecule has 0 saturated heterocycles. The van der Waals surface area contributed by atoms with Gasteiger partial charge in [0.1, 0.15) is 5.75 Å². The summed E-state index contributed by atoms with van der Waals surface area (Å²) < 4.78 is 10.2. The molecule has 0 spiro atoms. The molecule has 1 aromatic heterocycles. The van der Waals surface area contributed by atoms with Gasteiger partial charge in [0.05, 0.1) is 7.11 Å². The smallest absolute Gasteiger partial charge is 0.273 e. The van der Waals surface area contributed by atoms with E-state index in [2.05, 4.69) is 10.5 Å². The lowest BCUT2D eigenvalue weighted by Crippen LogP contribution is -2.25. The Morgan fingerprint density at radius 3 is 2.80 bits per heavy atom. The van der Waals surface area contributed by atoms with Crippen molar-refractivity contribution in [2.75, 3.05) is 20.3 Å². The number of amides is 1. The largest absolute Gasteiger partial charge is 0.497 e. The molecule has 106 valence electrons. The average molecular weight is 276 g/mol. The third-order valence-electron chi connectivity index (χ3n) is 2.74. The third kappa shape index (κ3) is 3.36. The van der Waals surface area contributed by atoms with Gasteiger partial charge in [-0.2, -0.15) is 0 Å². The SMILES string of the molecule is COc1ccc(-c2cc(C(=O)NCCCO)no2)cc1. The van der Waals surface area contributed by atoms with E-state index in [1.807, 2.05) is 12.1 Å². The third-order valence-corrected chi connectivity index (χ3v) is 2.74. The Labute approximate surface area is 116 Å². The van der Waals surface area contributed by atoms with Crippen LogP contribution in [-0.4, -0.2) is 36.4 Å². The van der Waals surface area contributed by atoms with Crippen LogP contribution in [0.1, 0.15) is 16.9 Å². The molecule has 1 heterocycles. The molecule has 0 bridgehead atoms. The number of aliphatic hydroxyl groups is 1. The van der Waals surface area contributed by atoms with Gasteiger partial charge >= 0.3 is 0 Å². The summed E-state index contributed by atoms with van der Waals surface area (Å²) in [7, 11) is 1.60. The molecule has 0 saturated carbocycles. The van der Waals surface area contributed by atoms with Crippen LogP contribution < -0.4 is 10.1 Å². The first-order chi connectivity index (χ1) is 9.74. The summed E-state index contributed by atoms with van der Waals surface area (Å²) in [6.45, 7) is 0.441. The number of hydrogen-bond donors (Lipinski definition) is 2. The van der Waals surface area contributed by atoms with Crippen molar-refractivity contribution in [3.8, 4) is 17.1 Å². The molecule has 2 N–H and O–H groups in total. The highest BCUT2D eigenvalue weighted by atomic mass is 16.5. The van der Waals surface area contributed by atoms with Crippen LogP contribution in [0, 0.1) is 0 Å². The number of hydrogen-bond acceptors (Lipinski definition) is 5. The number of carbonyl (C=O) groups excluding carboxylic acids is 1. The summed E-state index contributed by atoms with van der Waals surface area (Å²) in [5, 5.41) is 15.0. The Morgan fingerprint density at radius 1 is 1.40 bits per heavy atom. The van der Waals surface area contributed by atoms with Gasteiger partial charge in [-0.3, -0.25) is 4.79 Å². The van der Waals surface area contributed by atoms with Crippen LogP contribution in [0.25, 0.3) is 11.3 Å². The molecule has 0 aliphatic heterocycles. The molecule has 1 amide bonds. The molecule has 6 nitrogen and oxygen atoms in total. The predicted octanol–water partition coefficient (Wildman–Crippen LogP) is 1.46. The highest BCUT2D eigenvalue weighted by Crippen LogP contribution is 2.22. The van der Waals surface area contributed by atoms with E-state index < -0.39 is 0 Å². The molecule has 2 rings (SSSR count). The summed E-state index contributed by atoms with van der Waals surface area (Å²) in [4.78, 5) is 11.7. The van der Waals surface area contributed by atoms with Crippen LogP contribution in [0.3, 0.4) is 0 Å². The summed E-state index contributed by atoms with van der Waals surface area (Å²) in [6.07, 6.45) is 0.509. The maximum absolute atomic E-state index is 11.7. The number of benzene rings is 1. The molecule has 1 aromatic carbocycles. The minimum Gasteiger partial charge on any atom is -0.497 e. The maximum atomic E-state index is 11.7. The number of nitrogens with one attached hydrogen (secondary N) is 1. The van der Waals surface area contributed by atoms with Crippen LogP contribution in [0.5, 0.6) is 5.75 Å². The van der Waals surface area contributed by atoms with E-state index in [1.54, 1.807) is 25.3 Å². The Hall–Kier alpha value is -2.34. The molecule has 0 aliphatic carbocycles. The van der Waals surface area contributed by atoms with E-state index in [1.165, 1.54) is 0 Å². The highest BCUT2D eigenvalue weighted by molar-refractivity contribution is 5.93. The quantitative estimate of drug-likeness (QED) is 0.780. The van der Waals surface area contributed by atoms with Crippen molar-refractivity contribution in [3.05, 3.63) is 36.0 Å². The zero-order valence-electron chi connectivity index (χ0n) is 11.1. The normalized spacial score (nSPS) is 10.3. The Balaban J connectivity index is 2.05. The van der Waals surface area contributed by atoms with Crippen LogP contribution in [-0.2, 0) is 0 Å². The lowest BCUT2D eigenvalue weighted by atomic mass is 10.1. The van der Waals surface area contributed by atoms with Crippen molar-refractivity contribution in [2.24, 2.45) is 0 Å². The van der Waals surface area contributed by atoms with E-state index in [-0.39, 0.29) is 18.2 Å². The van der Waals surface area contributed by atoms with Crippen molar-refractivity contribution < 1.29 is 19.2 Å². The lowest BCUT2D eigenvalue weighted by molar-refractivity contribution is 0.0942. The summed E-state index contributed by atoms with van der Waals surface area (Å²) in [5.74, 6) is 0.942. The summed E-state index contributed by atoms with van der Waals surface area (Å²) >= 11 is 0. The Bertz CT molecular complexity index is 563. The van der Waals surface area contributed by atoms with Gasteiger partial charge in [-0.1, -0.05) is 5.16 Å². The Kier molecular flexibility index (Phi) is 4.73. The van der Waals surface area contributed by atoms with Crippen molar-refractivity contribution in [3.63, 3.8) is 0 Å². The number of aliphatic hydroxyl groups excluding tert-OH is 1. The summed E-state index contributed by atoms with van der Waals surface area (Å²) in [6, 6.07) is 8.84. The molecule has 2 aromatic rings. The summed E-state index contributed by atoms with van der Waals surface area (Å²) in [5.41, 5.74) is 1.03. The van der Waals surface area contributed by atoms with Gasteiger partial charge < -0.3 is 19.7 Å². The fourth-order valence-corrected chi connectivity index (χ4v) is 1.65. The number of methoxy groups -OCH3 is 1. The van der Waals surface area contributed by atoms with Crippen LogP contribution in [0.2, 0.25) is 0 Å². The first-order valence-electron chi connectivity index (χ1n) is 6.25. The number of carbonyl (C=O) groups is 1. The highest BCUT2D eigenvalue weighted by Gasteiger charge is 2.13. The van der Waals surface area contributed by atoms with Crippen molar-refractivity contribution in [1.29, 1.82) is 0 Å². The fourth-order valence-electron chi connectivity index (χ4n) is 1.65. The predicted molar refractivity (Wildman–Crippen MR) is 72.5 cm³/mol. The molecular formula is C14H16N2O4. The second kappa shape index (κ2) is 6.72. The molecule has 0 fully saturated rings. The fraction of sp³-hybridized carbons (Fsp3) is 0.286. The second-order valence-electron chi connectivity index (χ2n) is 4.14. The van der Waals surface area contributed by atoms with E-state index in [9.17, 15) is 4.79 Å². The monoisotopic (exact) mass is 276 g/mol. The average Bonchev–Trinajstić information content (AvgIpc) is 2.97. The maximum Gasteiger partial charge on any atom is 0.273 e. The first kappa shape index (κ1) is 14.1. The minimum atomic E-state index is -0.318. The minimum absolute atomic E-state index is 0.0379. The lowest BCUT2D eigenvalue weighted by Gasteiger charge is -2.00. The van der Waals surface area contributed by atoms with Gasteiger partial charge in [0.25, 0.3) is 5.91 Å². The van der Waals surface area contributed by atoms with Gasteiger partial charge in [-0.25, -0.2) is 0 Å². The zero-order valence-corrected chi connectivity index (χ0v) is 11.1. The van der Waals surface area contributed by atoms with E-state index in [0.717, 1.165) is 11.3 Å². The zero-order chi connectivity index (χ0) is 14.4. The van der Waals surface area contributed by atoms with Gasteiger partial charge in [-0.15, -0.1) is 0 Å².